The second-order valence-corrected chi connectivity index (χ2v) is 6.27. The van der Waals surface area contributed by atoms with E-state index in [1.807, 2.05) is 13.8 Å². The maximum absolute atomic E-state index is 12.4. The second kappa shape index (κ2) is 6.64. The monoisotopic (exact) mass is 271 g/mol. The number of nitrogens with one attached hydrogen (secondary N) is 2. The Morgan fingerprint density at radius 3 is 2.06 bits per heavy atom. The minimum atomic E-state index is -2.65. The van der Waals surface area contributed by atoms with Crippen molar-refractivity contribution in [3.05, 3.63) is 39.9 Å². The smallest absolute Gasteiger partial charge is 0.269 e. The molecule has 0 aliphatic rings. The molecule has 2 N–H and O–H groups in total. The molecule has 0 saturated heterocycles. The Kier molecular flexibility index (Phi) is 5.47. The van der Waals surface area contributed by atoms with Gasteiger partial charge in [0.25, 0.3) is 5.69 Å². The van der Waals surface area contributed by atoms with Gasteiger partial charge in [0.05, 0.1) is 11.1 Å². The number of nitro groups is 1. The number of nitrogens with zero attached hydrogens (tertiary/aromatic N) is 1. The fourth-order valence-electron chi connectivity index (χ4n) is 1.66. The number of non-ortho nitro benzene ring substituents is 1. The molecule has 0 bridgehead atoms. The largest absolute Gasteiger partial charge is 0.289 e. The van der Waals surface area contributed by atoms with Gasteiger partial charge in [0, 0.05) is 12.1 Å². The van der Waals surface area contributed by atoms with Crippen LogP contribution in [0, 0.1) is 10.1 Å². The molecule has 6 nitrogen and oxygen atoms in total. The molecule has 0 heterocycles. The van der Waals surface area contributed by atoms with Crippen molar-refractivity contribution < 1.29 is 9.49 Å². The second-order valence-electron chi connectivity index (χ2n) is 3.84. The van der Waals surface area contributed by atoms with Crippen LogP contribution in [0.25, 0.3) is 0 Å². The van der Waals surface area contributed by atoms with Crippen molar-refractivity contribution in [1.29, 1.82) is 0 Å². The van der Waals surface area contributed by atoms with E-state index in [1.54, 1.807) is 12.1 Å². The van der Waals surface area contributed by atoms with E-state index < -0.39 is 12.4 Å². The molecule has 0 saturated carbocycles. The van der Waals surface area contributed by atoms with E-state index in [1.165, 1.54) is 12.1 Å². The molecule has 0 fully saturated rings. The van der Waals surface area contributed by atoms with Gasteiger partial charge in [0.15, 0.2) is 0 Å². The number of benzene rings is 1. The van der Waals surface area contributed by atoms with Crippen LogP contribution in [0.1, 0.15) is 19.4 Å². The zero-order valence-corrected chi connectivity index (χ0v) is 11.4. The number of hydrogen-bond acceptors (Lipinski definition) is 3. The topological polar surface area (TPSA) is 84.3 Å². The normalized spacial score (nSPS) is 11.4. The fourth-order valence-corrected chi connectivity index (χ4v) is 3.74. The van der Waals surface area contributed by atoms with E-state index >= 15 is 0 Å². The van der Waals surface area contributed by atoms with Crippen LogP contribution in [0.5, 0.6) is 0 Å². The lowest BCUT2D eigenvalue weighted by Gasteiger charge is -2.19. The molecular weight excluding hydrogens is 253 g/mol. The molecule has 100 valence electrons. The fraction of sp³-hybridized carbons (Fsp3) is 0.455. The minimum Gasteiger partial charge on any atom is -0.289 e. The van der Waals surface area contributed by atoms with Crippen molar-refractivity contribution in [2.24, 2.45) is 0 Å². The van der Waals surface area contributed by atoms with Crippen molar-refractivity contribution in [2.75, 3.05) is 13.1 Å². The van der Waals surface area contributed by atoms with Gasteiger partial charge in [-0.05, 0) is 18.7 Å². The summed E-state index contributed by atoms with van der Waals surface area (Å²) in [5, 5.41) is 16.4. The van der Waals surface area contributed by atoms with Gasteiger partial charge in [-0.2, -0.15) is 0 Å². The number of nitro benzene ring substituents is 1. The molecule has 0 atom stereocenters. The SMILES string of the molecule is CCNP(=O)(Cc1ccc([N+](=O)[O-])cc1)NCC. The van der Waals surface area contributed by atoms with Crippen molar-refractivity contribution >= 4 is 13.1 Å². The van der Waals surface area contributed by atoms with Gasteiger partial charge in [-0.25, -0.2) is 0 Å². The molecule has 1 aromatic rings. The summed E-state index contributed by atoms with van der Waals surface area (Å²) in [6.07, 6.45) is 0.340. The Hall–Kier alpha value is -1.23. The zero-order chi connectivity index (χ0) is 13.6. The molecule has 1 rings (SSSR count). The summed E-state index contributed by atoms with van der Waals surface area (Å²) in [6, 6.07) is 6.13. The van der Waals surface area contributed by atoms with E-state index in [2.05, 4.69) is 10.2 Å². The van der Waals surface area contributed by atoms with Crippen LogP contribution in [0.3, 0.4) is 0 Å². The van der Waals surface area contributed by atoms with Gasteiger partial charge >= 0.3 is 0 Å². The first kappa shape index (κ1) is 14.8. The third kappa shape index (κ3) is 4.22. The van der Waals surface area contributed by atoms with Crippen LogP contribution in [-0.4, -0.2) is 18.0 Å². The summed E-state index contributed by atoms with van der Waals surface area (Å²) in [7, 11) is -2.65. The summed E-state index contributed by atoms with van der Waals surface area (Å²) in [5.41, 5.74) is 0.853. The summed E-state index contributed by atoms with van der Waals surface area (Å²) in [4.78, 5) is 10.1. The van der Waals surface area contributed by atoms with Crippen molar-refractivity contribution in [3.8, 4) is 0 Å². The maximum Gasteiger partial charge on any atom is 0.269 e. The highest BCUT2D eigenvalue weighted by Gasteiger charge is 2.20. The first-order valence-corrected chi connectivity index (χ1v) is 7.72. The van der Waals surface area contributed by atoms with Gasteiger partial charge < -0.3 is 0 Å². The summed E-state index contributed by atoms with van der Waals surface area (Å²) in [5.74, 6) is 0. The van der Waals surface area contributed by atoms with E-state index in [0.717, 1.165) is 5.56 Å². The molecule has 7 heteroatoms. The van der Waals surface area contributed by atoms with Gasteiger partial charge in [-0.3, -0.25) is 24.9 Å². The molecule has 0 amide bonds. The molecule has 0 unspecified atom stereocenters. The van der Waals surface area contributed by atoms with Gasteiger partial charge in [-0.15, -0.1) is 0 Å². The summed E-state index contributed by atoms with van der Waals surface area (Å²) in [6.45, 7) is 4.99. The Morgan fingerprint density at radius 2 is 1.67 bits per heavy atom. The van der Waals surface area contributed by atoms with Crippen LogP contribution in [-0.2, 0) is 10.7 Å². The van der Waals surface area contributed by atoms with Crippen LogP contribution >= 0.6 is 7.44 Å². The van der Waals surface area contributed by atoms with Crippen molar-refractivity contribution in [1.82, 2.24) is 10.2 Å². The first-order chi connectivity index (χ1) is 8.50. The molecule has 0 aliphatic carbocycles. The van der Waals surface area contributed by atoms with Crippen molar-refractivity contribution in [2.45, 2.75) is 20.0 Å². The average Bonchev–Trinajstić information content (AvgIpc) is 2.30. The Bertz CT molecular complexity index is 437. The summed E-state index contributed by atoms with van der Waals surface area (Å²) >= 11 is 0. The van der Waals surface area contributed by atoms with E-state index in [9.17, 15) is 14.7 Å². The molecule has 0 aliphatic heterocycles. The zero-order valence-electron chi connectivity index (χ0n) is 10.5. The highest BCUT2D eigenvalue weighted by Crippen LogP contribution is 2.39. The van der Waals surface area contributed by atoms with Crippen molar-refractivity contribution in [3.63, 3.8) is 0 Å². The Balaban J connectivity index is 2.81. The van der Waals surface area contributed by atoms with Crippen LogP contribution in [0.4, 0.5) is 5.69 Å². The average molecular weight is 271 g/mol. The lowest BCUT2D eigenvalue weighted by atomic mass is 10.2. The maximum atomic E-state index is 12.4. The highest BCUT2D eigenvalue weighted by atomic mass is 31.2. The Morgan fingerprint density at radius 1 is 1.17 bits per heavy atom. The first-order valence-electron chi connectivity index (χ1n) is 5.83. The van der Waals surface area contributed by atoms with Crippen LogP contribution < -0.4 is 10.2 Å². The molecule has 0 aromatic heterocycles. The highest BCUT2D eigenvalue weighted by molar-refractivity contribution is 7.59. The predicted molar refractivity (Wildman–Crippen MR) is 71.8 cm³/mol. The quantitative estimate of drug-likeness (QED) is 0.452. The van der Waals surface area contributed by atoms with Crippen LogP contribution in [0.15, 0.2) is 24.3 Å². The van der Waals surface area contributed by atoms with E-state index in [4.69, 9.17) is 0 Å². The standard InChI is InChI=1S/C11H18N3O3P/c1-3-12-18(17,13-4-2)9-10-5-7-11(8-6-10)14(15)16/h5-8H,3-4,9H2,1-2H3,(H2,12,13,17). The predicted octanol–water partition coefficient (Wildman–Crippen LogP) is 2.51. The van der Waals surface area contributed by atoms with Gasteiger partial charge in [0.2, 0.25) is 7.44 Å². The lowest BCUT2D eigenvalue weighted by Crippen LogP contribution is -2.23. The third-order valence-electron chi connectivity index (χ3n) is 2.38. The van der Waals surface area contributed by atoms with Crippen LogP contribution in [0.2, 0.25) is 0 Å². The third-order valence-corrected chi connectivity index (χ3v) is 4.84. The molecule has 0 spiro atoms. The van der Waals surface area contributed by atoms with Gasteiger partial charge in [-0.1, -0.05) is 26.0 Å². The van der Waals surface area contributed by atoms with E-state index in [-0.39, 0.29) is 5.69 Å². The summed E-state index contributed by atoms with van der Waals surface area (Å²) < 4.78 is 12.4. The molecular formula is C11H18N3O3P. The number of rotatable bonds is 7. The molecule has 1 aromatic carbocycles. The lowest BCUT2D eigenvalue weighted by molar-refractivity contribution is -0.384. The molecule has 0 radical (unpaired) electrons. The van der Waals surface area contributed by atoms with E-state index in [0.29, 0.717) is 19.3 Å². The van der Waals surface area contributed by atoms with Gasteiger partial charge in [0.1, 0.15) is 0 Å². The minimum absolute atomic E-state index is 0.0421. The Labute approximate surface area is 106 Å². The number of hydrogen-bond donors (Lipinski definition) is 2. The molecule has 18 heavy (non-hydrogen) atoms.